The molecule has 0 fully saturated rings. The van der Waals surface area contributed by atoms with E-state index < -0.39 is 29.6 Å². The predicted molar refractivity (Wildman–Crippen MR) is 88.4 cm³/mol. The molecule has 0 radical (unpaired) electrons. The Morgan fingerprint density at radius 1 is 1.20 bits per heavy atom. The van der Waals surface area contributed by atoms with E-state index in [0.29, 0.717) is 11.8 Å². The van der Waals surface area contributed by atoms with Gasteiger partial charge < -0.3 is 21.1 Å². The molecule has 0 saturated carbocycles. The third-order valence-corrected chi connectivity index (χ3v) is 3.17. The average Bonchev–Trinajstić information content (AvgIpc) is 2.54. The second-order valence-electron chi connectivity index (χ2n) is 5.33. The minimum Gasteiger partial charge on any atom is -0.488 e. The molecular formula is C17H17F2N3O3. The summed E-state index contributed by atoms with van der Waals surface area (Å²) in [4.78, 5) is 23.0. The number of nitrogens with one attached hydrogen (secondary N) is 2. The molecule has 0 heterocycles. The van der Waals surface area contributed by atoms with Crippen molar-refractivity contribution in [1.29, 1.82) is 0 Å². The van der Waals surface area contributed by atoms with E-state index >= 15 is 0 Å². The number of anilines is 1. The van der Waals surface area contributed by atoms with Gasteiger partial charge in [-0.2, -0.15) is 0 Å². The van der Waals surface area contributed by atoms with Gasteiger partial charge in [-0.15, -0.1) is 0 Å². The van der Waals surface area contributed by atoms with Crippen molar-refractivity contribution in [2.24, 2.45) is 5.73 Å². The molecule has 8 heteroatoms. The zero-order valence-electron chi connectivity index (χ0n) is 13.4. The fourth-order valence-electron chi connectivity index (χ4n) is 1.99. The van der Waals surface area contributed by atoms with Gasteiger partial charge in [-0.1, -0.05) is 6.07 Å². The molecule has 1 atom stereocenters. The van der Waals surface area contributed by atoms with Crippen molar-refractivity contribution in [3.05, 3.63) is 59.7 Å². The summed E-state index contributed by atoms with van der Waals surface area (Å²) in [6.07, 6.45) is 0. The SMILES string of the molecule is CC(COc1ccc(F)cc1F)NC(=O)Nc1cccc(C(N)=O)c1. The van der Waals surface area contributed by atoms with E-state index in [9.17, 15) is 18.4 Å². The maximum Gasteiger partial charge on any atom is 0.319 e. The Kier molecular flexibility index (Phi) is 5.89. The summed E-state index contributed by atoms with van der Waals surface area (Å²) >= 11 is 0. The largest absolute Gasteiger partial charge is 0.488 e. The van der Waals surface area contributed by atoms with Crippen LogP contribution in [0.5, 0.6) is 5.75 Å². The van der Waals surface area contributed by atoms with E-state index in [1.807, 2.05) is 0 Å². The molecule has 2 rings (SSSR count). The van der Waals surface area contributed by atoms with Crippen molar-refractivity contribution < 1.29 is 23.1 Å². The molecule has 25 heavy (non-hydrogen) atoms. The van der Waals surface area contributed by atoms with Crippen molar-refractivity contribution in [3.8, 4) is 5.75 Å². The number of primary amides is 1. The molecule has 0 aliphatic rings. The number of carbonyl (C=O) groups excluding carboxylic acids is 2. The number of nitrogens with two attached hydrogens (primary N) is 1. The predicted octanol–water partition coefficient (Wildman–Crippen LogP) is 2.65. The number of benzene rings is 2. The van der Waals surface area contributed by atoms with Gasteiger partial charge in [0.15, 0.2) is 11.6 Å². The number of urea groups is 1. The summed E-state index contributed by atoms with van der Waals surface area (Å²) in [5.41, 5.74) is 5.83. The summed E-state index contributed by atoms with van der Waals surface area (Å²) in [6.45, 7) is 1.64. The zero-order chi connectivity index (χ0) is 18.4. The molecule has 0 aromatic heterocycles. The Labute approximate surface area is 143 Å². The highest BCUT2D eigenvalue weighted by Gasteiger charge is 2.11. The minimum absolute atomic E-state index is 0.0166. The quantitative estimate of drug-likeness (QED) is 0.748. The van der Waals surface area contributed by atoms with Crippen LogP contribution in [0.1, 0.15) is 17.3 Å². The van der Waals surface area contributed by atoms with Crippen LogP contribution in [0.25, 0.3) is 0 Å². The van der Waals surface area contributed by atoms with E-state index in [2.05, 4.69) is 10.6 Å². The van der Waals surface area contributed by atoms with E-state index in [1.54, 1.807) is 19.1 Å². The molecule has 0 spiro atoms. The fourth-order valence-corrected chi connectivity index (χ4v) is 1.99. The number of hydrogen-bond acceptors (Lipinski definition) is 3. The van der Waals surface area contributed by atoms with Gasteiger partial charge in [-0.25, -0.2) is 13.6 Å². The lowest BCUT2D eigenvalue weighted by molar-refractivity contribution is 0.1000. The maximum absolute atomic E-state index is 13.5. The van der Waals surface area contributed by atoms with Gasteiger partial charge in [0.25, 0.3) is 0 Å². The Morgan fingerprint density at radius 2 is 1.96 bits per heavy atom. The molecule has 1 unspecified atom stereocenters. The molecule has 132 valence electrons. The van der Waals surface area contributed by atoms with Crippen LogP contribution in [-0.2, 0) is 0 Å². The summed E-state index contributed by atoms with van der Waals surface area (Å²) in [7, 11) is 0. The van der Waals surface area contributed by atoms with Crippen LogP contribution < -0.4 is 21.1 Å². The molecule has 2 aromatic carbocycles. The topological polar surface area (TPSA) is 93.4 Å². The molecular weight excluding hydrogens is 332 g/mol. The second-order valence-corrected chi connectivity index (χ2v) is 5.33. The van der Waals surface area contributed by atoms with Gasteiger partial charge in [0.2, 0.25) is 5.91 Å². The molecule has 4 N–H and O–H groups in total. The van der Waals surface area contributed by atoms with Gasteiger partial charge in [-0.05, 0) is 37.3 Å². The summed E-state index contributed by atoms with van der Waals surface area (Å²) in [5.74, 6) is -2.23. The van der Waals surface area contributed by atoms with Crippen LogP contribution >= 0.6 is 0 Å². The third kappa shape index (κ3) is 5.45. The van der Waals surface area contributed by atoms with Gasteiger partial charge >= 0.3 is 6.03 Å². The summed E-state index contributed by atoms with van der Waals surface area (Å²) in [5, 5.41) is 5.14. The lowest BCUT2D eigenvalue weighted by Crippen LogP contribution is -2.39. The standard InChI is InChI=1S/C17H17F2N3O3/c1-10(9-25-15-6-5-12(18)8-14(15)19)21-17(24)22-13-4-2-3-11(7-13)16(20)23/h2-8,10H,9H2,1H3,(H2,20,23)(H2,21,22,24). The summed E-state index contributed by atoms with van der Waals surface area (Å²) in [6, 6.07) is 8.13. The van der Waals surface area contributed by atoms with E-state index in [0.717, 1.165) is 6.07 Å². The van der Waals surface area contributed by atoms with Gasteiger partial charge in [0.05, 0.1) is 6.04 Å². The lowest BCUT2D eigenvalue weighted by Gasteiger charge is -2.16. The molecule has 3 amide bonds. The number of rotatable bonds is 6. The van der Waals surface area contributed by atoms with Gasteiger partial charge in [0, 0.05) is 17.3 Å². The zero-order valence-corrected chi connectivity index (χ0v) is 13.4. The Hall–Kier alpha value is -3.16. The fraction of sp³-hybridized carbons (Fsp3) is 0.176. The first-order chi connectivity index (χ1) is 11.8. The maximum atomic E-state index is 13.5. The monoisotopic (exact) mass is 349 g/mol. The molecule has 0 bridgehead atoms. The van der Waals surface area contributed by atoms with Crippen molar-refractivity contribution in [3.63, 3.8) is 0 Å². The summed E-state index contributed by atoms with van der Waals surface area (Å²) < 4.78 is 31.5. The highest BCUT2D eigenvalue weighted by atomic mass is 19.1. The highest BCUT2D eigenvalue weighted by molar-refractivity contribution is 5.95. The normalized spacial score (nSPS) is 11.5. The number of carbonyl (C=O) groups is 2. The highest BCUT2D eigenvalue weighted by Crippen LogP contribution is 2.17. The minimum atomic E-state index is -0.820. The Bertz CT molecular complexity index is 783. The van der Waals surface area contributed by atoms with Crippen molar-refractivity contribution in [2.75, 3.05) is 11.9 Å². The number of amides is 3. The van der Waals surface area contributed by atoms with E-state index in [-0.39, 0.29) is 17.9 Å². The van der Waals surface area contributed by atoms with E-state index in [4.69, 9.17) is 10.5 Å². The van der Waals surface area contributed by atoms with Gasteiger partial charge in [0.1, 0.15) is 12.4 Å². The third-order valence-electron chi connectivity index (χ3n) is 3.17. The molecule has 0 aliphatic heterocycles. The van der Waals surface area contributed by atoms with Crippen molar-refractivity contribution in [2.45, 2.75) is 13.0 Å². The van der Waals surface area contributed by atoms with Crippen LogP contribution in [-0.4, -0.2) is 24.6 Å². The first-order valence-corrected chi connectivity index (χ1v) is 7.40. The number of hydrogen-bond donors (Lipinski definition) is 3. The number of halogens is 2. The molecule has 0 aliphatic carbocycles. The second kappa shape index (κ2) is 8.09. The first kappa shape index (κ1) is 18.2. The Morgan fingerprint density at radius 3 is 2.64 bits per heavy atom. The molecule has 6 nitrogen and oxygen atoms in total. The molecule has 2 aromatic rings. The first-order valence-electron chi connectivity index (χ1n) is 7.40. The average molecular weight is 349 g/mol. The van der Waals surface area contributed by atoms with Crippen LogP contribution in [0.3, 0.4) is 0 Å². The van der Waals surface area contributed by atoms with Crippen LogP contribution in [0.15, 0.2) is 42.5 Å². The molecule has 0 saturated heterocycles. The van der Waals surface area contributed by atoms with Crippen molar-refractivity contribution in [1.82, 2.24) is 5.32 Å². The number of ether oxygens (including phenoxy) is 1. The Balaban J connectivity index is 1.85. The smallest absolute Gasteiger partial charge is 0.319 e. The lowest BCUT2D eigenvalue weighted by atomic mass is 10.2. The van der Waals surface area contributed by atoms with E-state index in [1.165, 1.54) is 18.2 Å². The van der Waals surface area contributed by atoms with Crippen molar-refractivity contribution >= 4 is 17.6 Å². The van der Waals surface area contributed by atoms with Gasteiger partial charge in [-0.3, -0.25) is 4.79 Å². The van der Waals surface area contributed by atoms with Crippen LogP contribution in [0, 0.1) is 11.6 Å². The van der Waals surface area contributed by atoms with Crippen LogP contribution in [0.2, 0.25) is 0 Å². The van der Waals surface area contributed by atoms with Crippen LogP contribution in [0.4, 0.5) is 19.3 Å².